The zero-order chi connectivity index (χ0) is 9.98. The first-order chi connectivity index (χ1) is 5.70. The van der Waals surface area contributed by atoms with E-state index in [0.29, 0.717) is 0 Å². The summed E-state index contributed by atoms with van der Waals surface area (Å²) in [5.41, 5.74) is 3.77. The largest absolute Gasteiger partial charge is 0.294 e. The van der Waals surface area contributed by atoms with Crippen LogP contribution in [0.5, 0.6) is 0 Å². The lowest BCUT2D eigenvalue weighted by atomic mass is 10.3. The summed E-state index contributed by atoms with van der Waals surface area (Å²) in [5, 5.41) is 0. The molecular weight excluding hydrogens is 164 g/mol. The van der Waals surface area contributed by atoms with Gasteiger partial charge < -0.3 is 0 Å². The van der Waals surface area contributed by atoms with Crippen molar-refractivity contribution in [1.29, 1.82) is 0 Å². The van der Waals surface area contributed by atoms with E-state index in [9.17, 15) is 9.59 Å². The van der Waals surface area contributed by atoms with Gasteiger partial charge in [0.2, 0.25) is 11.8 Å². The van der Waals surface area contributed by atoms with Gasteiger partial charge in [0, 0.05) is 12.8 Å². The van der Waals surface area contributed by atoms with E-state index in [-0.39, 0.29) is 24.7 Å². The van der Waals surface area contributed by atoms with E-state index in [1.54, 1.807) is 0 Å². The van der Waals surface area contributed by atoms with Crippen LogP contribution < -0.4 is 34.2 Å². The van der Waals surface area contributed by atoms with Gasteiger partial charge in [0.1, 0.15) is 0 Å². The minimum Gasteiger partial charge on any atom is -0.294 e. The Labute approximate surface area is 69.5 Å². The van der Waals surface area contributed by atoms with Gasteiger partial charge in [-0.05, 0) is 0 Å². The Morgan fingerprint density at radius 2 is 1.17 bits per heavy atom. The lowest BCUT2D eigenvalue weighted by Gasteiger charge is -1.97. The molecule has 72 valence electrons. The number of nitrogens with two attached hydrogens (primary N) is 4. The van der Waals surface area contributed by atoms with Gasteiger partial charge in [0.25, 0.3) is 0 Å². The Bertz CT molecular complexity index is 122. The molecule has 0 aliphatic rings. The first kappa shape index (κ1) is 13.4. The molecule has 0 unspecified atom stereocenters. The summed E-state index contributed by atoms with van der Waals surface area (Å²) >= 11 is 0. The fourth-order valence-electron chi connectivity index (χ4n) is 0.371. The Morgan fingerprint density at radius 3 is 1.33 bits per heavy atom. The molecule has 0 fully saturated rings. The summed E-state index contributed by atoms with van der Waals surface area (Å²) in [6.07, 6.45) is 0.110. The lowest BCUT2D eigenvalue weighted by molar-refractivity contribution is -0.126. The fourth-order valence-corrected chi connectivity index (χ4v) is 0.371. The van der Waals surface area contributed by atoms with Crippen molar-refractivity contribution in [1.82, 2.24) is 10.9 Å². The molecule has 0 aromatic rings. The van der Waals surface area contributed by atoms with Crippen LogP contribution in [0.1, 0.15) is 12.8 Å². The number of amides is 2. The van der Waals surface area contributed by atoms with Crippen molar-refractivity contribution in [2.75, 3.05) is 0 Å². The highest BCUT2D eigenvalue weighted by atomic mass is 16.2. The van der Waals surface area contributed by atoms with Gasteiger partial charge in [-0.1, -0.05) is 0 Å². The molecule has 0 aliphatic heterocycles. The first-order valence-electron chi connectivity index (χ1n) is 3.03. The van der Waals surface area contributed by atoms with Crippen molar-refractivity contribution < 1.29 is 9.59 Å². The molecule has 0 heterocycles. The standard InChI is InChI=1S/C4H10N4O2.H4N2/c5-7-3(9)1-2-4(10)8-6;1-2/h1-2,5-6H2,(H,7,9)(H,8,10);1-2H2. The normalized spacial score (nSPS) is 7.67. The summed E-state index contributed by atoms with van der Waals surface area (Å²) in [4.78, 5) is 20.8. The van der Waals surface area contributed by atoms with Crippen LogP contribution in [0.3, 0.4) is 0 Å². The van der Waals surface area contributed by atoms with E-state index < -0.39 is 0 Å². The van der Waals surface area contributed by atoms with Crippen LogP contribution in [0.4, 0.5) is 0 Å². The van der Waals surface area contributed by atoms with Crippen molar-refractivity contribution in [2.45, 2.75) is 12.8 Å². The molecule has 0 atom stereocenters. The molecule has 0 saturated carbocycles. The average Bonchev–Trinajstić information content (AvgIpc) is 2.16. The molecular formula is C4H14N6O2. The Hall–Kier alpha value is -1.22. The van der Waals surface area contributed by atoms with Crippen molar-refractivity contribution in [2.24, 2.45) is 23.4 Å². The summed E-state index contributed by atoms with van der Waals surface area (Å²) in [5.74, 6) is 16.7. The molecule has 0 bridgehead atoms. The summed E-state index contributed by atoms with van der Waals surface area (Å²) < 4.78 is 0. The zero-order valence-electron chi connectivity index (χ0n) is 6.54. The number of hydrogen-bond acceptors (Lipinski definition) is 6. The Kier molecular flexibility index (Phi) is 10.9. The van der Waals surface area contributed by atoms with E-state index in [0.717, 1.165) is 0 Å². The van der Waals surface area contributed by atoms with Crippen molar-refractivity contribution in [3.8, 4) is 0 Å². The maximum atomic E-state index is 10.4. The van der Waals surface area contributed by atoms with E-state index in [4.69, 9.17) is 11.7 Å². The maximum absolute atomic E-state index is 10.4. The van der Waals surface area contributed by atoms with E-state index in [1.165, 1.54) is 0 Å². The van der Waals surface area contributed by atoms with Crippen molar-refractivity contribution >= 4 is 11.8 Å². The Morgan fingerprint density at radius 1 is 0.917 bits per heavy atom. The van der Waals surface area contributed by atoms with Gasteiger partial charge >= 0.3 is 0 Å². The van der Waals surface area contributed by atoms with Gasteiger partial charge in [-0.25, -0.2) is 11.7 Å². The van der Waals surface area contributed by atoms with Crippen LogP contribution in [-0.4, -0.2) is 11.8 Å². The smallest absolute Gasteiger partial charge is 0.234 e. The number of rotatable bonds is 3. The molecule has 8 nitrogen and oxygen atoms in total. The molecule has 10 N–H and O–H groups in total. The molecule has 0 aliphatic carbocycles. The first-order valence-corrected chi connectivity index (χ1v) is 3.03. The summed E-state index contributed by atoms with van der Waals surface area (Å²) in [6.45, 7) is 0. The molecule has 0 aromatic carbocycles. The van der Waals surface area contributed by atoms with Crippen molar-refractivity contribution in [3.63, 3.8) is 0 Å². The molecule has 2 amide bonds. The van der Waals surface area contributed by atoms with Gasteiger partial charge in [0.15, 0.2) is 0 Å². The Balaban J connectivity index is 0. The number of hydrogen-bond donors (Lipinski definition) is 6. The second kappa shape index (κ2) is 9.78. The van der Waals surface area contributed by atoms with Crippen LogP contribution in [0.2, 0.25) is 0 Å². The minimum absolute atomic E-state index is 0.0551. The van der Waals surface area contributed by atoms with Gasteiger partial charge in [-0.3, -0.25) is 32.1 Å². The van der Waals surface area contributed by atoms with Gasteiger partial charge in [0.05, 0.1) is 0 Å². The molecule has 12 heavy (non-hydrogen) atoms. The number of carbonyl (C=O) groups is 2. The van der Waals surface area contributed by atoms with Crippen LogP contribution in [0.25, 0.3) is 0 Å². The van der Waals surface area contributed by atoms with Gasteiger partial charge in [-0.15, -0.1) is 0 Å². The van der Waals surface area contributed by atoms with Crippen LogP contribution in [-0.2, 0) is 9.59 Å². The lowest BCUT2D eigenvalue weighted by Crippen LogP contribution is -2.34. The number of carbonyl (C=O) groups excluding carboxylic acids is 2. The fraction of sp³-hybridized carbons (Fsp3) is 0.500. The third kappa shape index (κ3) is 8.78. The maximum Gasteiger partial charge on any atom is 0.234 e. The summed E-state index contributed by atoms with van der Waals surface area (Å²) in [7, 11) is 0. The van der Waals surface area contributed by atoms with Crippen LogP contribution in [0, 0.1) is 0 Å². The number of nitrogens with one attached hydrogen (secondary N) is 2. The summed E-state index contributed by atoms with van der Waals surface area (Å²) in [6, 6.07) is 0. The average molecular weight is 178 g/mol. The van der Waals surface area contributed by atoms with Crippen LogP contribution >= 0.6 is 0 Å². The quantitative estimate of drug-likeness (QED) is 0.150. The van der Waals surface area contributed by atoms with Crippen LogP contribution in [0.15, 0.2) is 0 Å². The SMILES string of the molecule is NN.NNC(=O)CCC(=O)NN. The highest BCUT2D eigenvalue weighted by Gasteiger charge is 2.02. The zero-order valence-corrected chi connectivity index (χ0v) is 6.54. The molecule has 8 heteroatoms. The molecule has 0 aromatic heterocycles. The molecule has 0 radical (unpaired) electrons. The minimum atomic E-state index is -0.386. The van der Waals surface area contributed by atoms with E-state index in [1.807, 2.05) is 10.9 Å². The van der Waals surface area contributed by atoms with E-state index >= 15 is 0 Å². The second-order valence-corrected chi connectivity index (χ2v) is 1.64. The predicted molar refractivity (Wildman–Crippen MR) is 42.3 cm³/mol. The topological polar surface area (TPSA) is 162 Å². The van der Waals surface area contributed by atoms with E-state index in [2.05, 4.69) is 11.7 Å². The van der Waals surface area contributed by atoms with Gasteiger partial charge in [-0.2, -0.15) is 0 Å². The molecule has 0 rings (SSSR count). The molecule has 0 saturated heterocycles. The third-order valence-electron chi connectivity index (χ3n) is 0.901. The number of hydrazine groups is 3. The highest BCUT2D eigenvalue weighted by Crippen LogP contribution is 1.85. The highest BCUT2D eigenvalue weighted by molar-refractivity contribution is 5.82. The molecule has 0 spiro atoms. The monoisotopic (exact) mass is 178 g/mol. The predicted octanol–water partition coefficient (Wildman–Crippen LogP) is -3.43. The van der Waals surface area contributed by atoms with Crippen molar-refractivity contribution in [3.05, 3.63) is 0 Å². The second-order valence-electron chi connectivity index (χ2n) is 1.64. The third-order valence-corrected chi connectivity index (χ3v) is 0.901.